The van der Waals surface area contributed by atoms with E-state index in [-0.39, 0.29) is 18.1 Å². The van der Waals surface area contributed by atoms with Crippen molar-refractivity contribution >= 4 is 0 Å². The molecule has 2 N–H and O–H groups in total. The number of hydrogen-bond donors (Lipinski definition) is 2. The van der Waals surface area contributed by atoms with Crippen LogP contribution in [0.5, 0.6) is 0 Å². The van der Waals surface area contributed by atoms with Gasteiger partial charge in [-0.25, -0.2) is 0 Å². The minimum absolute atomic E-state index is 0.0768. The first-order valence-corrected chi connectivity index (χ1v) is 5.81. The molecule has 0 aromatic rings. The van der Waals surface area contributed by atoms with Crippen LogP contribution in [0.15, 0.2) is 0 Å². The molecule has 0 aliphatic heterocycles. The van der Waals surface area contributed by atoms with E-state index in [1.807, 2.05) is 0 Å². The standard InChI is InChI=1S/C12H24O2/c1-9(2)10(3)12(8-13)6-4-11(14)5-7-12/h9-11,13-14H,4-8H2,1-3H3. The number of aliphatic hydroxyl groups is 2. The van der Waals surface area contributed by atoms with E-state index < -0.39 is 0 Å². The normalized spacial score (nSPS) is 36.0. The van der Waals surface area contributed by atoms with Gasteiger partial charge in [0.2, 0.25) is 0 Å². The third-order valence-corrected chi connectivity index (χ3v) is 4.23. The minimum Gasteiger partial charge on any atom is -0.396 e. The molecule has 0 amide bonds. The molecule has 84 valence electrons. The van der Waals surface area contributed by atoms with Gasteiger partial charge < -0.3 is 10.2 Å². The van der Waals surface area contributed by atoms with Gasteiger partial charge in [0.05, 0.1) is 6.10 Å². The summed E-state index contributed by atoms with van der Waals surface area (Å²) in [7, 11) is 0. The SMILES string of the molecule is CC(C)C(C)C1(CO)CCC(O)CC1. The number of rotatable bonds is 3. The molecule has 2 heteroatoms. The van der Waals surface area contributed by atoms with Gasteiger partial charge in [0.25, 0.3) is 0 Å². The Balaban J connectivity index is 2.67. The number of hydrogen-bond acceptors (Lipinski definition) is 2. The van der Waals surface area contributed by atoms with Gasteiger partial charge in [-0.2, -0.15) is 0 Å². The Hall–Kier alpha value is -0.0800. The summed E-state index contributed by atoms with van der Waals surface area (Å²) in [6, 6.07) is 0. The molecule has 1 unspecified atom stereocenters. The molecular formula is C12H24O2. The Labute approximate surface area is 87.3 Å². The van der Waals surface area contributed by atoms with Gasteiger partial charge in [-0.3, -0.25) is 0 Å². The van der Waals surface area contributed by atoms with E-state index in [1.165, 1.54) is 0 Å². The fraction of sp³-hybridized carbons (Fsp3) is 1.00. The maximum Gasteiger partial charge on any atom is 0.0540 e. The summed E-state index contributed by atoms with van der Waals surface area (Å²) in [5.41, 5.74) is 0.0768. The van der Waals surface area contributed by atoms with Crippen molar-refractivity contribution in [1.82, 2.24) is 0 Å². The van der Waals surface area contributed by atoms with Crippen molar-refractivity contribution in [2.45, 2.75) is 52.6 Å². The van der Waals surface area contributed by atoms with Crippen LogP contribution >= 0.6 is 0 Å². The maximum absolute atomic E-state index is 9.57. The lowest BCUT2D eigenvalue weighted by Crippen LogP contribution is -2.40. The van der Waals surface area contributed by atoms with Crippen molar-refractivity contribution in [2.24, 2.45) is 17.3 Å². The Bertz CT molecular complexity index is 169. The van der Waals surface area contributed by atoms with Crippen molar-refractivity contribution in [1.29, 1.82) is 0 Å². The van der Waals surface area contributed by atoms with Crippen LogP contribution in [-0.2, 0) is 0 Å². The van der Waals surface area contributed by atoms with Crippen molar-refractivity contribution in [3.63, 3.8) is 0 Å². The Morgan fingerprint density at radius 1 is 1.21 bits per heavy atom. The van der Waals surface area contributed by atoms with Gasteiger partial charge >= 0.3 is 0 Å². The predicted octanol–water partition coefficient (Wildman–Crippen LogP) is 2.19. The van der Waals surface area contributed by atoms with Crippen LogP contribution in [-0.4, -0.2) is 22.9 Å². The summed E-state index contributed by atoms with van der Waals surface area (Å²) in [5, 5.41) is 19.0. The van der Waals surface area contributed by atoms with Crippen LogP contribution in [0.2, 0.25) is 0 Å². The highest BCUT2D eigenvalue weighted by Gasteiger charge is 2.39. The molecule has 0 saturated heterocycles. The Morgan fingerprint density at radius 3 is 2.07 bits per heavy atom. The Kier molecular flexibility index (Phi) is 3.96. The molecule has 1 aliphatic rings. The second-order valence-corrected chi connectivity index (χ2v) is 5.28. The van der Waals surface area contributed by atoms with E-state index in [0.717, 1.165) is 25.7 Å². The summed E-state index contributed by atoms with van der Waals surface area (Å²) in [6.45, 7) is 6.94. The van der Waals surface area contributed by atoms with Gasteiger partial charge in [-0.15, -0.1) is 0 Å². The third kappa shape index (κ3) is 2.29. The molecule has 1 saturated carbocycles. The molecule has 1 fully saturated rings. The highest BCUT2D eigenvalue weighted by Crippen LogP contribution is 2.44. The van der Waals surface area contributed by atoms with Crippen LogP contribution in [0.1, 0.15) is 46.5 Å². The highest BCUT2D eigenvalue weighted by molar-refractivity contribution is 4.90. The average Bonchev–Trinajstić information content (AvgIpc) is 2.18. The van der Waals surface area contributed by atoms with Crippen molar-refractivity contribution in [3.8, 4) is 0 Å². The van der Waals surface area contributed by atoms with E-state index in [9.17, 15) is 10.2 Å². The first-order valence-electron chi connectivity index (χ1n) is 5.81. The zero-order valence-corrected chi connectivity index (χ0v) is 9.66. The fourth-order valence-electron chi connectivity index (χ4n) is 2.64. The third-order valence-electron chi connectivity index (χ3n) is 4.23. The van der Waals surface area contributed by atoms with Gasteiger partial charge in [0, 0.05) is 6.61 Å². The lowest BCUT2D eigenvalue weighted by Gasteiger charge is -2.44. The molecule has 0 aromatic heterocycles. The minimum atomic E-state index is -0.131. The van der Waals surface area contributed by atoms with E-state index >= 15 is 0 Å². The van der Waals surface area contributed by atoms with Gasteiger partial charge in [-0.05, 0) is 42.9 Å². The monoisotopic (exact) mass is 200 g/mol. The van der Waals surface area contributed by atoms with Crippen LogP contribution < -0.4 is 0 Å². The van der Waals surface area contributed by atoms with Gasteiger partial charge in [0.15, 0.2) is 0 Å². The molecule has 0 aromatic carbocycles. The average molecular weight is 200 g/mol. The van der Waals surface area contributed by atoms with E-state index in [1.54, 1.807) is 0 Å². The van der Waals surface area contributed by atoms with E-state index in [2.05, 4.69) is 20.8 Å². The lowest BCUT2D eigenvalue weighted by atomic mass is 9.63. The molecule has 1 rings (SSSR count). The van der Waals surface area contributed by atoms with Crippen LogP contribution in [0.25, 0.3) is 0 Å². The van der Waals surface area contributed by atoms with Crippen LogP contribution in [0.4, 0.5) is 0 Å². The summed E-state index contributed by atoms with van der Waals surface area (Å²) in [4.78, 5) is 0. The van der Waals surface area contributed by atoms with Crippen LogP contribution in [0, 0.1) is 17.3 Å². The van der Waals surface area contributed by atoms with Crippen molar-refractivity contribution in [2.75, 3.05) is 6.61 Å². The molecule has 0 spiro atoms. The summed E-state index contributed by atoms with van der Waals surface area (Å²) >= 11 is 0. The molecule has 1 aliphatic carbocycles. The predicted molar refractivity (Wildman–Crippen MR) is 58.0 cm³/mol. The largest absolute Gasteiger partial charge is 0.396 e. The summed E-state index contributed by atoms with van der Waals surface area (Å²) < 4.78 is 0. The van der Waals surface area contributed by atoms with Gasteiger partial charge in [0.1, 0.15) is 0 Å². The lowest BCUT2D eigenvalue weighted by molar-refractivity contribution is -0.0246. The zero-order chi connectivity index (χ0) is 10.8. The Morgan fingerprint density at radius 2 is 1.71 bits per heavy atom. The molecule has 0 radical (unpaired) electrons. The van der Waals surface area contributed by atoms with Gasteiger partial charge in [-0.1, -0.05) is 20.8 Å². The zero-order valence-electron chi connectivity index (χ0n) is 9.66. The smallest absolute Gasteiger partial charge is 0.0540 e. The first kappa shape index (κ1) is 12.0. The topological polar surface area (TPSA) is 40.5 Å². The molecule has 1 atom stereocenters. The van der Waals surface area contributed by atoms with Crippen LogP contribution in [0.3, 0.4) is 0 Å². The van der Waals surface area contributed by atoms with Crippen molar-refractivity contribution < 1.29 is 10.2 Å². The summed E-state index contributed by atoms with van der Waals surface area (Å²) in [6.07, 6.45) is 3.54. The fourth-order valence-corrected chi connectivity index (χ4v) is 2.64. The quantitative estimate of drug-likeness (QED) is 0.733. The second kappa shape index (κ2) is 4.63. The van der Waals surface area contributed by atoms with E-state index in [0.29, 0.717) is 11.8 Å². The summed E-state index contributed by atoms with van der Waals surface area (Å²) in [5.74, 6) is 1.15. The first-order chi connectivity index (χ1) is 6.52. The number of aliphatic hydroxyl groups excluding tert-OH is 2. The molecule has 0 heterocycles. The second-order valence-electron chi connectivity index (χ2n) is 5.28. The molecule has 0 bridgehead atoms. The van der Waals surface area contributed by atoms with Crippen molar-refractivity contribution in [3.05, 3.63) is 0 Å². The molecular weight excluding hydrogens is 176 g/mol. The van der Waals surface area contributed by atoms with E-state index in [4.69, 9.17) is 0 Å². The molecule has 14 heavy (non-hydrogen) atoms. The highest BCUT2D eigenvalue weighted by atomic mass is 16.3. The maximum atomic E-state index is 9.57. The molecule has 2 nitrogen and oxygen atoms in total.